The molecule has 0 aliphatic carbocycles. The van der Waals surface area contributed by atoms with Crippen molar-refractivity contribution in [3.8, 4) is 0 Å². The highest BCUT2D eigenvalue weighted by Crippen LogP contribution is 2.11. The maximum absolute atomic E-state index is 13.3. The standard InChI is InChI=1S/C13H17FN2O3/c14-11-3-1-2-4-12(11)16-13(17)9-18-8-10-7-15-5-6-19-10/h1-4,10,15H,5-9H2,(H,16,17). The zero-order valence-corrected chi connectivity index (χ0v) is 10.5. The van der Waals surface area contributed by atoms with E-state index in [4.69, 9.17) is 9.47 Å². The molecule has 1 aromatic rings. The number of benzene rings is 1. The SMILES string of the molecule is O=C(COCC1CNCCO1)Nc1ccccc1F. The van der Waals surface area contributed by atoms with Gasteiger partial charge in [-0.1, -0.05) is 12.1 Å². The van der Waals surface area contributed by atoms with Crippen LogP contribution < -0.4 is 10.6 Å². The van der Waals surface area contributed by atoms with Gasteiger partial charge in [-0.25, -0.2) is 4.39 Å². The molecule has 5 nitrogen and oxygen atoms in total. The van der Waals surface area contributed by atoms with Gasteiger partial charge in [0.05, 0.1) is 25.0 Å². The van der Waals surface area contributed by atoms with Crippen molar-refractivity contribution >= 4 is 11.6 Å². The minimum absolute atomic E-state index is 0.0324. The van der Waals surface area contributed by atoms with Gasteiger partial charge in [0.2, 0.25) is 5.91 Å². The largest absolute Gasteiger partial charge is 0.373 e. The Balaban J connectivity index is 1.68. The molecule has 6 heteroatoms. The Kier molecular flexibility index (Phi) is 5.26. The van der Waals surface area contributed by atoms with Gasteiger partial charge in [-0.15, -0.1) is 0 Å². The minimum Gasteiger partial charge on any atom is -0.373 e. The summed E-state index contributed by atoms with van der Waals surface area (Å²) in [4.78, 5) is 11.5. The fourth-order valence-electron chi connectivity index (χ4n) is 1.76. The topological polar surface area (TPSA) is 59.6 Å². The molecular formula is C13H17FN2O3. The van der Waals surface area contributed by atoms with Gasteiger partial charge in [-0.2, -0.15) is 0 Å². The number of ether oxygens (including phenoxy) is 2. The lowest BCUT2D eigenvalue weighted by molar-refractivity contribution is -0.122. The molecule has 1 amide bonds. The molecule has 0 spiro atoms. The Morgan fingerprint density at radius 3 is 3.11 bits per heavy atom. The second-order valence-electron chi connectivity index (χ2n) is 4.24. The van der Waals surface area contributed by atoms with Gasteiger partial charge >= 0.3 is 0 Å². The van der Waals surface area contributed by atoms with Crippen LogP contribution in [0.2, 0.25) is 0 Å². The summed E-state index contributed by atoms with van der Waals surface area (Å²) in [6.07, 6.45) is -0.0324. The number of para-hydroxylation sites is 1. The van der Waals surface area contributed by atoms with Crippen LogP contribution in [0.4, 0.5) is 10.1 Å². The summed E-state index contributed by atoms with van der Waals surface area (Å²) < 4.78 is 23.9. The lowest BCUT2D eigenvalue weighted by atomic mass is 10.3. The van der Waals surface area contributed by atoms with Crippen molar-refractivity contribution in [2.75, 3.05) is 38.2 Å². The van der Waals surface area contributed by atoms with Crippen LogP contribution in [-0.2, 0) is 14.3 Å². The van der Waals surface area contributed by atoms with Gasteiger partial charge < -0.3 is 20.1 Å². The van der Waals surface area contributed by atoms with Crippen LogP contribution in [0.3, 0.4) is 0 Å². The molecule has 1 atom stereocenters. The average Bonchev–Trinajstić information content (AvgIpc) is 2.43. The molecule has 104 valence electrons. The molecule has 2 rings (SSSR count). The summed E-state index contributed by atoms with van der Waals surface area (Å²) in [5, 5.41) is 5.62. The first kappa shape index (κ1) is 13.9. The molecule has 19 heavy (non-hydrogen) atoms. The van der Waals surface area contributed by atoms with Crippen LogP contribution >= 0.6 is 0 Å². The molecule has 1 fully saturated rings. The van der Waals surface area contributed by atoms with Crippen molar-refractivity contribution in [2.45, 2.75) is 6.10 Å². The Hall–Kier alpha value is -1.50. The van der Waals surface area contributed by atoms with Crippen molar-refractivity contribution in [2.24, 2.45) is 0 Å². The zero-order valence-electron chi connectivity index (χ0n) is 10.5. The quantitative estimate of drug-likeness (QED) is 0.828. The van der Waals surface area contributed by atoms with Crippen molar-refractivity contribution in [1.82, 2.24) is 5.32 Å². The van der Waals surface area contributed by atoms with Crippen molar-refractivity contribution < 1.29 is 18.7 Å². The van der Waals surface area contributed by atoms with E-state index in [2.05, 4.69) is 10.6 Å². The molecule has 0 bridgehead atoms. The van der Waals surface area contributed by atoms with Gasteiger partial charge in [-0.05, 0) is 12.1 Å². The van der Waals surface area contributed by atoms with E-state index in [1.165, 1.54) is 12.1 Å². The number of rotatable bonds is 5. The van der Waals surface area contributed by atoms with Crippen LogP contribution in [-0.4, -0.2) is 44.9 Å². The van der Waals surface area contributed by atoms with E-state index in [0.29, 0.717) is 13.2 Å². The molecule has 0 aromatic heterocycles. The fraction of sp³-hybridized carbons (Fsp3) is 0.462. The summed E-state index contributed by atoms with van der Waals surface area (Å²) in [5.41, 5.74) is 0.159. The van der Waals surface area contributed by atoms with Crippen LogP contribution in [0.1, 0.15) is 0 Å². The molecular weight excluding hydrogens is 251 g/mol. The Morgan fingerprint density at radius 2 is 2.37 bits per heavy atom. The number of hydrogen-bond donors (Lipinski definition) is 2. The number of hydrogen-bond acceptors (Lipinski definition) is 4. The van der Waals surface area contributed by atoms with E-state index in [1.54, 1.807) is 12.1 Å². The van der Waals surface area contributed by atoms with E-state index in [9.17, 15) is 9.18 Å². The molecule has 1 heterocycles. The van der Waals surface area contributed by atoms with Gasteiger partial charge in [0.25, 0.3) is 0 Å². The molecule has 1 saturated heterocycles. The van der Waals surface area contributed by atoms with Crippen LogP contribution in [0.15, 0.2) is 24.3 Å². The minimum atomic E-state index is -0.462. The molecule has 0 radical (unpaired) electrons. The maximum Gasteiger partial charge on any atom is 0.250 e. The molecule has 0 saturated carbocycles. The number of carbonyl (C=O) groups excluding carboxylic acids is 1. The lowest BCUT2D eigenvalue weighted by Gasteiger charge is -2.23. The zero-order chi connectivity index (χ0) is 13.5. The lowest BCUT2D eigenvalue weighted by Crippen LogP contribution is -2.41. The Bertz CT molecular complexity index is 422. The van der Waals surface area contributed by atoms with E-state index in [-0.39, 0.29) is 24.3 Å². The van der Waals surface area contributed by atoms with Crippen LogP contribution in [0.25, 0.3) is 0 Å². The highest BCUT2D eigenvalue weighted by molar-refractivity contribution is 5.91. The molecule has 1 unspecified atom stereocenters. The Morgan fingerprint density at radius 1 is 1.53 bits per heavy atom. The van der Waals surface area contributed by atoms with Gasteiger partial charge in [-0.3, -0.25) is 4.79 Å². The summed E-state index contributed by atoms with van der Waals surface area (Å²) in [6, 6.07) is 6.01. The summed E-state index contributed by atoms with van der Waals surface area (Å²) in [5.74, 6) is -0.843. The van der Waals surface area contributed by atoms with E-state index in [0.717, 1.165) is 13.1 Å². The fourth-order valence-corrected chi connectivity index (χ4v) is 1.76. The second kappa shape index (κ2) is 7.18. The predicted octanol–water partition coefficient (Wildman–Crippen LogP) is 0.769. The Labute approximate surface area is 111 Å². The van der Waals surface area contributed by atoms with E-state index < -0.39 is 5.82 Å². The molecule has 1 aliphatic heterocycles. The highest BCUT2D eigenvalue weighted by Gasteiger charge is 2.14. The third-order valence-corrected chi connectivity index (χ3v) is 2.69. The van der Waals surface area contributed by atoms with Crippen LogP contribution in [0.5, 0.6) is 0 Å². The van der Waals surface area contributed by atoms with Crippen LogP contribution in [0, 0.1) is 5.82 Å². The molecule has 2 N–H and O–H groups in total. The monoisotopic (exact) mass is 268 g/mol. The number of anilines is 1. The molecule has 1 aromatic carbocycles. The highest BCUT2D eigenvalue weighted by atomic mass is 19.1. The van der Waals surface area contributed by atoms with Gasteiger partial charge in [0, 0.05) is 13.1 Å². The van der Waals surface area contributed by atoms with Crippen molar-refractivity contribution in [3.63, 3.8) is 0 Å². The third-order valence-electron chi connectivity index (χ3n) is 2.69. The van der Waals surface area contributed by atoms with E-state index >= 15 is 0 Å². The first-order valence-corrected chi connectivity index (χ1v) is 6.20. The smallest absolute Gasteiger partial charge is 0.250 e. The van der Waals surface area contributed by atoms with Crippen molar-refractivity contribution in [3.05, 3.63) is 30.1 Å². The first-order valence-electron chi connectivity index (χ1n) is 6.20. The number of morpholine rings is 1. The number of nitrogens with one attached hydrogen (secondary N) is 2. The summed E-state index contributed by atoms with van der Waals surface area (Å²) >= 11 is 0. The first-order chi connectivity index (χ1) is 9.25. The van der Waals surface area contributed by atoms with Gasteiger partial charge in [0.1, 0.15) is 12.4 Å². The van der Waals surface area contributed by atoms with Crippen molar-refractivity contribution in [1.29, 1.82) is 0 Å². The summed E-state index contributed by atoms with van der Waals surface area (Å²) in [6.45, 7) is 2.43. The van der Waals surface area contributed by atoms with E-state index in [1.807, 2.05) is 0 Å². The third kappa shape index (κ3) is 4.59. The molecule has 1 aliphatic rings. The normalized spacial score (nSPS) is 19.1. The van der Waals surface area contributed by atoms with Gasteiger partial charge in [0.15, 0.2) is 0 Å². The second-order valence-corrected chi connectivity index (χ2v) is 4.24. The number of carbonyl (C=O) groups is 1. The maximum atomic E-state index is 13.3. The average molecular weight is 268 g/mol. The number of amides is 1. The summed E-state index contributed by atoms with van der Waals surface area (Å²) in [7, 11) is 0. The predicted molar refractivity (Wildman–Crippen MR) is 68.5 cm³/mol. The number of halogens is 1.